The Bertz CT molecular complexity index is 2980. The van der Waals surface area contributed by atoms with Gasteiger partial charge in [0.1, 0.15) is 11.3 Å². The van der Waals surface area contributed by atoms with Gasteiger partial charge in [-0.25, -0.2) is 0 Å². The summed E-state index contributed by atoms with van der Waals surface area (Å²) in [4.78, 5) is 0. The number of allylic oxidation sites excluding steroid dienone is 1. The van der Waals surface area contributed by atoms with Gasteiger partial charge >= 0.3 is 0 Å². The molecule has 1 aromatic heterocycles. The van der Waals surface area contributed by atoms with E-state index in [4.69, 9.17) is 4.42 Å². The minimum atomic E-state index is -0.113. The maximum Gasteiger partial charge on any atom is 0.142 e. The van der Waals surface area contributed by atoms with Crippen LogP contribution in [0.15, 0.2) is 156 Å². The molecule has 11 rings (SSSR count). The lowest BCUT2D eigenvalue weighted by Gasteiger charge is -2.24. The van der Waals surface area contributed by atoms with Crippen LogP contribution in [0.1, 0.15) is 42.7 Å². The van der Waals surface area contributed by atoms with Gasteiger partial charge in [0, 0.05) is 21.9 Å². The van der Waals surface area contributed by atoms with E-state index in [1.165, 1.54) is 93.3 Å². The lowest BCUT2D eigenvalue weighted by atomic mass is 9.79. The van der Waals surface area contributed by atoms with Gasteiger partial charge in [0.2, 0.25) is 0 Å². The van der Waals surface area contributed by atoms with Gasteiger partial charge in [0.05, 0.1) is 0 Å². The minimum Gasteiger partial charge on any atom is -0.456 e. The zero-order valence-corrected chi connectivity index (χ0v) is 29.3. The molecule has 1 heterocycles. The number of rotatable bonds is 3. The molecule has 0 atom stereocenters. The highest BCUT2D eigenvalue weighted by Gasteiger charge is 2.36. The van der Waals surface area contributed by atoms with E-state index in [1.807, 2.05) is 0 Å². The Kier molecular flexibility index (Phi) is 6.20. The highest BCUT2D eigenvalue weighted by atomic mass is 16.3. The van der Waals surface area contributed by atoms with Crippen LogP contribution in [-0.4, -0.2) is 0 Å². The summed E-state index contributed by atoms with van der Waals surface area (Å²) in [5.41, 5.74) is 15.0. The fourth-order valence-electron chi connectivity index (χ4n) is 9.48. The first-order valence-corrected chi connectivity index (χ1v) is 18.5. The molecule has 2 aliphatic rings. The smallest absolute Gasteiger partial charge is 0.142 e. The summed E-state index contributed by atoms with van der Waals surface area (Å²) in [6.45, 7) is 4.77. The van der Waals surface area contributed by atoms with Crippen LogP contribution >= 0.6 is 0 Å². The highest BCUT2D eigenvalue weighted by Crippen LogP contribution is 2.54. The average Bonchev–Trinajstić information content (AvgIpc) is 3.68. The van der Waals surface area contributed by atoms with Crippen molar-refractivity contribution in [3.05, 3.63) is 174 Å². The molecule has 1 heteroatoms. The normalized spacial score (nSPS) is 14.3. The number of benzene rings is 8. The second kappa shape index (κ2) is 10.9. The average molecular weight is 665 g/mol. The molecule has 0 N–H and O–H groups in total. The third-order valence-electron chi connectivity index (χ3n) is 11.9. The molecular weight excluding hydrogens is 629 g/mol. The van der Waals surface area contributed by atoms with Crippen molar-refractivity contribution in [1.29, 1.82) is 0 Å². The van der Waals surface area contributed by atoms with Crippen LogP contribution in [0.3, 0.4) is 0 Å². The third kappa shape index (κ3) is 4.11. The molecule has 52 heavy (non-hydrogen) atoms. The Morgan fingerprint density at radius 2 is 1.13 bits per heavy atom. The molecule has 9 aromatic rings. The molecule has 1 nitrogen and oxygen atoms in total. The summed E-state index contributed by atoms with van der Waals surface area (Å²) in [7, 11) is 0. The van der Waals surface area contributed by atoms with Crippen LogP contribution in [0.4, 0.5) is 0 Å². The standard InChI is InChI=1S/C51H36O/c1-51(2)45-26-9-7-19-36(45)42-29-43-44(30-46(42)51)49(38-24-12-15-31-14-3-4-18-34(31)38)40-22-6-5-21-39(40)48(43)33-17-11-16-32(28-33)35-23-13-25-41-37-20-8-10-27-47(37)52-50(35)41/h3-7,9-19,21-30H,8,20H2,1-2H3. The maximum absolute atomic E-state index is 6.58. The van der Waals surface area contributed by atoms with Crippen LogP contribution in [0.25, 0.3) is 93.9 Å². The number of furan rings is 1. The third-order valence-corrected chi connectivity index (χ3v) is 11.9. The molecule has 0 amide bonds. The Balaban J connectivity index is 1.25. The van der Waals surface area contributed by atoms with Gasteiger partial charge in [-0.05, 0) is 120 Å². The van der Waals surface area contributed by atoms with E-state index in [9.17, 15) is 0 Å². The quantitative estimate of drug-likeness (QED) is 0.171. The van der Waals surface area contributed by atoms with Crippen LogP contribution in [0.2, 0.25) is 0 Å². The van der Waals surface area contributed by atoms with Gasteiger partial charge in [-0.15, -0.1) is 0 Å². The number of hydrogen-bond donors (Lipinski definition) is 0. The van der Waals surface area contributed by atoms with E-state index in [1.54, 1.807) is 0 Å². The van der Waals surface area contributed by atoms with Crippen molar-refractivity contribution in [1.82, 2.24) is 0 Å². The number of aryl methyl sites for hydroxylation is 1. The van der Waals surface area contributed by atoms with Crippen LogP contribution in [0.5, 0.6) is 0 Å². The van der Waals surface area contributed by atoms with E-state index in [2.05, 4.69) is 172 Å². The predicted octanol–water partition coefficient (Wildman–Crippen LogP) is 14.2. The predicted molar refractivity (Wildman–Crippen MR) is 220 cm³/mol. The summed E-state index contributed by atoms with van der Waals surface area (Å²) in [5.74, 6) is 1.00. The first-order chi connectivity index (χ1) is 25.6. The molecule has 2 aliphatic carbocycles. The number of hydrogen-bond acceptors (Lipinski definition) is 1. The van der Waals surface area contributed by atoms with Crippen molar-refractivity contribution in [3.63, 3.8) is 0 Å². The number of para-hydroxylation sites is 1. The lowest BCUT2D eigenvalue weighted by Crippen LogP contribution is -2.14. The van der Waals surface area contributed by atoms with E-state index >= 15 is 0 Å². The monoisotopic (exact) mass is 664 g/mol. The zero-order chi connectivity index (χ0) is 34.6. The lowest BCUT2D eigenvalue weighted by molar-refractivity contribution is 0.596. The molecule has 8 aromatic carbocycles. The van der Waals surface area contributed by atoms with E-state index in [0.717, 1.165) is 29.7 Å². The molecule has 0 fully saturated rings. The first kappa shape index (κ1) is 29.5. The molecule has 0 aliphatic heterocycles. The van der Waals surface area contributed by atoms with Gasteiger partial charge in [0.15, 0.2) is 0 Å². The Morgan fingerprint density at radius 1 is 0.481 bits per heavy atom. The Morgan fingerprint density at radius 3 is 2.04 bits per heavy atom. The summed E-state index contributed by atoms with van der Waals surface area (Å²) in [6.07, 6.45) is 6.45. The molecule has 0 bridgehead atoms. The molecule has 0 saturated heterocycles. The second-order valence-electron chi connectivity index (χ2n) is 15.1. The van der Waals surface area contributed by atoms with Gasteiger partial charge in [0.25, 0.3) is 0 Å². The second-order valence-corrected chi connectivity index (χ2v) is 15.1. The van der Waals surface area contributed by atoms with E-state index in [0.29, 0.717) is 0 Å². The van der Waals surface area contributed by atoms with E-state index in [-0.39, 0.29) is 5.41 Å². The molecule has 0 radical (unpaired) electrons. The summed E-state index contributed by atoms with van der Waals surface area (Å²) in [6, 6.07) is 54.4. The fourth-order valence-corrected chi connectivity index (χ4v) is 9.48. The van der Waals surface area contributed by atoms with Crippen molar-refractivity contribution in [2.24, 2.45) is 0 Å². The van der Waals surface area contributed by atoms with E-state index < -0.39 is 0 Å². The van der Waals surface area contributed by atoms with Crippen molar-refractivity contribution in [2.45, 2.75) is 32.1 Å². The molecule has 0 saturated carbocycles. The zero-order valence-electron chi connectivity index (χ0n) is 29.3. The van der Waals surface area contributed by atoms with Crippen molar-refractivity contribution in [3.8, 4) is 44.5 Å². The molecule has 246 valence electrons. The fraction of sp³-hybridized carbons (Fsp3) is 0.0980. The minimum absolute atomic E-state index is 0.113. The van der Waals surface area contributed by atoms with Crippen LogP contribution < -0.4 is 0 Å². The number of fused-ring (bicyclic) bond motifs is 9. The van der Waals surface area contributed by atoms with Crippen molar-refractivity contribution < 1.29 is 4.42 Å². The van der Waals surface area contributed by atoms with Gasteiger partial charge in [-0.3, -0.25) is 0 Å². The van der Waals surface area contributed by atoms with Crippen LogP contribution in [-0.2, 0) is 11.8 Å². The summed E-state index contributed by atoms with van der Waals surface area (Å²) >= 11 is 0. The summed E-state index contributed by atoms with van der Waals surface area (Å²) in [5, 5.41) is 8.87. The maximum atomic E-state index is 6.58. The molecule has 0 unspecified atom stereocenters. The summed E-state index contributed by atoms with van der Waals surface area (Å²) < 4.78 is 6.58. The SMILES string of the molecule is CC1(C)c2ccccc2-c2cc3c(-c4cccc(-c5cccc6c7c(oc56)C=CCC7)c4)c4ccccc4c(-c4cccc5ccccc45)c3cc21. The topological polar surface area (TPSA) is 13.1 Å². The van der Waals surface area contributed by atoms with Crippen LogP contribution in [0, 0.1) is 0 Å². The van der Waals surface area contributed by atoms with Crippen molar-refractivity contribution in [2.75, 3.05) is 0 Å². The van der Waals surface area contributed by atoms with Crippen molar-refractivity contribution >= 4 is 49.4 Å². The van der Waals surface area contributed by atoms with Gasteiger partial charge in [-0.1, -0.05) is 147 Å². The molecule has 0 spiro atoms. The first-order valence-electron chi connectivity index (χ1n) is 18.5. The van der Waals surface area contributed by atoms with Gasteiger partial charge < -0.3 is 4.42 Å². The Labute approximate surface area is 303 Å². The molecular formula is C51H36O. The highest BCUT2D eigenvalue weighted by molar-refractivity contribution is 6.24. The Hall–Kier alpha value is -6.18. The largest absolute Gasteiger partial charge is 0.456 e. The van der Waals surface area contributed by atoms with Gasteiger partial charge in [-0.2, -0.15) is 0 Å².